The molecule has 0 bridgehead atoms. The fourth-order valence-electron chi connectivity index (χ4n) is 3.19. The van der Waals surface area contributed by atoms with Crippen LogP contribution in [0.4, 0.5) is 0 Å². The summed E-state index contributed by atoms with van der Waals surface area (Å²) >= 11 is 6.09. The van der Waals surface area contributed by atoms with Crippen molar-refractivity contribution in [3.05, 3.63) is 93.5 Å². The van der Waals surface area contributed by atoms with Crippen molar-refractivity contribution in [2.45, 2.75) is 19.8 Å². The summed E-state index contributed by atoms with van der Waals surface area (Å²) < 4.78 is 0. The summed E-state index contributed by atoms with van der Waals surface area (Å²) in [4.78, 5) is 9.92. The van der Waals surface area contributed by atoms with Crippen molar-refractivity contribution in [2.75, 3.05) is 0 Å². The van der Waals surface area contributed by atoms with E-state index in [1.807, 2.05) is 60.7 Å². The van der Waals surface area contributed by atoms with E-state index in [-0.39, 0.29) is 5.92 Å². The van der Waals surface area contributed by atoms with Gasteiger partial charge in [0.1, 0.15) is 11.5 Å². The number of halogens is 1. The van der Waals surface area contributed by atoms with Crippen molar-refractivity contribution >= 4 is 11.6 Å². The molecule has 3 rings (SSSR count). The van der Waals surface area contributed by atoms with Gasteiger partial charge in [0.15, 0.2) is 0 Å². The summed E-state index contributed by atoms with van der Waals surface area (Å²) in [6.45, 7) is 4.13. The van der Waals surface area contributed by atoms with E-state index in [1.54, 1.807) is 0 Å². The fourth-order valence-corrected chi connectivity index (χ4v) is 3.31. The molecule has 0 saturated carbocycles. The van der Waals surface area contributed by atoms with Crippen LogP contribution in [0.5, 0.6) is 11.5 Å². The lowest BCUT2D eigenvalue weighted by molar-refractivity contribution is 0.333. The second kappa shape index (κ2) is 7.79. The average Bonchev–Trinajstić information content (AvgIpc) is 2.66. The van der Waals surface area contributed by atoms with Gasteiger partial charge in [0.05, 0.1) is 0 Å². The van der Waals surface area contributed by atoms with Crippen LogP contribution in [0.2, 0.25) is 5.02 Å². The van der Waals surface area contributed by atoms with Crippen LogP contribution >= 0.6 is 11.6 Å². The second-order valence-corrected chi connectivity index (χ2v) is 6.69. The number of benzene rings is 3. The van der Waals surface area contributed by atoms with E-state index < -0.39 is 0 Å². The lowest BCUT2D eigenvalue weighted by Crippen LogP contribution is -2.10. The molecular formula is C21H21ClN2O2. The molecule has 0 atom stereocenters. The molecular weight excluding hydrogens is 348 g/mol. The lowest BCUT2D eigenvalue weighted by atomic mass is 9.81. The van der Waals surface area contributed by atoms with Crippen LogP contribution in [-0.2, 0) is 0 Å². The minimum absolute atomic E-state index is 0.0440. The van der Waals surface area contributed by atoms with E-state index in [4.69, 9.17) is 33.1 Å². The zero-order valence-electron chi connectivity index (χ0n) is 14.7. The SMILES string of the molecule is Cc1ccc(ON)cc1C(c1ccc(Cl)cc1)c1cc(ON)ccc1C. The molecule has 0 spiro atoms. The topological polar surface area (TPSA) is 70.5 Å². The standard InChI is InChI=1S/C21H21ClN2O2/c1-13-3-9-17(25-23)11-19(13)21(15-5-7-16(22)8-6-15)20-12-18(26-24)10-4-14(20)2/h3-12,21H,23-24H2,1-2H3. The summed E-state index contributed by atoms with van der Waals surface area (Å²) in [6, 6.07) is 19.5. The van der Waals surface area contributed by atoms with Crippen LogP contribution in [0.1, 0.15) is 33.7 Å². The summed E-state index contributed by atoms with van der Waals surface area (Å²) in [5, 5.41) is 0.694. The van der Waals surface area contributed by atoms with Crippen LogP contribution < -0.4 is 21.5 Å². The largest absolute Gasteiger partial charge is 0.412 e. The monoisotopic (exact) mass is 368 g/mol. The van der Waals surface area contributed by atoms with Gasteiger partial charge in [-0.2, -0.15) is 11.8 Å². The average molecular weight is 369 g/mol. The van der Waals surface area contributed by atoms with Crippen molar-refractivity contribution in [1.82, 2.24) is 0 Å². The van der Waals surface area contributed by atoms with E-state index in [2.05, 4.69) is 13.8 Å². The van der Waals surface area contributed by atoms with Crippen molar-refractivity contribution in [1.29, 1.82) is 0 Å². The Morgan fingerprint density at radius 2 is 1.19 bits per heavy atom. The zero-order valence-corrected chi connectivity index (χ0v) is 15.5. The van der Waals surface area contributed by atoms with Gasteiger partial charge >= 0.3 is 0 Å². The third-order valence-electron chi connectivity index (χ3n) is 4.60. The summed E-state index contributed by atoms with van der Waals surface area (Å²) in [6.07, 6.45) is 0. The Balaban J connectivity index is 2.25. The Hall–Kier alpha value is -2.53. The maximum Gasteiger partial charge on any atom is 0.147 e. The molecule has 3 aromatic carbocycles. The maximum atomic E-state index is 6.09. The number of rotatable bonds is 5. The third-order valence-corrected chi connectivity index (χ3v) is 4.85. The highest BCUT2D eigenvalue weighted by Crippen LogP contribution is 2.38. The smallest absolute Gasteiger partial charge is 0.147 e. The molecule has 0 aliphatic rings. The molecule has 0 radical (unpaired) electrons. The minimum atomic E-state index is -0.0440. The highest BCUT2D eigenvalue weighted by molar-refractivity contribution is 6.30. The van der Waals surface area contributed by atoms with Gasteiger partial charge in [-0.3, -0.25) is 0 Å². The highest BCUT2D eigenvalue weighted by Gasteiger charge is 2.22. The maximum absolute atomic E-state index is 6.09. The highest BCUT2D eigenvalue weighted by atomic mass is 35.5. The number of hydrogen-bond donors (Lipinski definition) is 2. The predicted octanol–water partition coefficient (Wildman–Crippen LogP) is 4.64. The summed E-state index contributed by atoms with van der Waals surface area (Å²) in [5.41, 5.74) is 5.54. The third kappa shape index (κ3) is 3.68. The van der Waals surface area contributed by atoms with E-state index in [1.165, 1.54) is 0 Å². The summed E-state index contributed by atoms with van der Waals surface area (Å²) in [7, 11) is 0. The quantitative estimate of drug-likeness (QED) is 0.508. The zero-order chi connectivity index (χ0) is 18.7. The van der Waals surface area contributed by atoms with Crippen LogP contribution in [-0.4, -0.2) is 0 Å². The fraction of sp³-hybridized carbons (Fsp3) is 0.143. The molecule has 0 unspecified atom stereocenters. The van der Waals surface area contributed by atoms with Crippen LogP contribution in [0.25, 0.3) is 0 Å². The number of nitrogens with two attached hydrogens (primary N) is 2. The van der Waals surface area contributed by atoms with Gasteiger partial charge in [-0.05, 0) is 78.1 Å². The molecule has 0 amide bonds. The molecule has 4 N–H and O–H groups in total. The van der Waals surface area contributed by atoms with Gasteiger partial charge in [-0.25, -0.2) is 0 Å². The molecule has 0 heterocycles. The molecule has 0 aliphatic carbocycles. The van der Waals surface area contributed by atoms with E-state index in [0.29, 0.717) is 16.5 Å². The molecule has 0 aromatic heterocycles. The van der Waals surface area contributed by atoms with Crippen LogP contribution in [0, 0.1) is 13.8 Å². The van der Waals surface area contributed by atoms with Gasteiger partial charge in [0, 0.05) is 10.9 Å². The number of aryl methyl sites for hydroxylation is 2. The van der Waals surface area contributed by atoms with Crippen molar-refractivity contribution in [2.24, 2.45) is 11.8 Å². The molecule has 0 saturated heterocycles. The normalized spacial score (nSPS) is 10.8. The molecule has 3 aromatic rings. The first-order valence-corrected chi connectivity index (χ1v) is 8.61. The van der Waals surface area contributed by atoms with Crippen molar-refractivity contribution in [3.8, 4) is 11.5 Å². The van der Waals surface area contributed by atoms with Crippen LogP contribution in [0.3, 0.4) is 0 Å². The van der Waals surface area contributed by atoms with E-state index in [0.717, 1.165) is 27.8 Å². The Labute approximate surface area is 158 Å². The molecule has 5 heteroatoms. The second-order valence-electron chi connectivity index (χ2n) is 6.26. The molecule has 134 valence electrons. The number of hydrogen-bond acceptors (Lipinski definition) is 4. The Morgan fingerprint density at radius 1 is 0.731 bits per heavy atom. The van der Waals surface area contributed by atoms with Gasteiger partial charge < -0.3 is 9.68 Å². The Kier molecular flexibility index (Phi) is 5.47. The molecule has 0 fully saturated rings. The predicted molar refractivity (Wildman–Crippen MR) is 104 cm³/mol. The first-order chi connectivity index (χ1) is 12.5. The van der Waals surface area contributed by atoms with Gasteiger partial charge in [-0.15, -0.1) is 0 Å². The molecule has 0 aliphatic heterocycles. The van der Waals surface area contributed by atoms with Gasteiger partial charge in [-0.1, -0.05) is 35.9 Å². The van der Waals surface area contributed by atoms with E-state index in [9.17, 15) is 0 Å². The van der Waals surface area contributed by atoms with Crippen molar-refractivity contribution < 1.29 is 9.68 Å². The Bertz CT molecular complexity index is 857. The van der Waals surface area contributed by atoms with E-state index >= 15 is 0 Å². The first-order valence-electron chi connectivity index (χ1n) is 8.23. The Morgan fingerprint density at radius 3 is 1.62 bits per heavy atom. The first kappa shape index (κ1) is 18.3. The van der Waals surface area contributed by atoms with Gasteiger partial charge in [0.25, 0.3) is 0 Å². The van der Waals surface area contributed by atoms with Crippen LogP contribution in [0.15, 0.2) is 60.7 Å². The minimum Gasteiger partial charge on any atom is -0.412 e. The molecule has 4 nitrogen and oxygen atoms in total. The van der Waals surface area contributed by atoms with Crippen molar-refractivity contribution in [3.63, 3.8) is 0 Å². The molecule has 26 heavy (non-hydrogen) atoms. The summed E-state index contributed by atoms with van der Waals surface area (Å²) in [5.74, 6) is 11.9. The van der Waals surface area contributed by atoms with Gasteiger partial charge in [0.2, 0.25) is 0 Å². The lowest BCUT2D eigenvalue weighted by Gasteiger charge is -2.23.